The van der Waals surface area contributed by atoms with Crippen LogP contribution >= 0.6 is 12.2 Å². The molecule has 1 aliphatic heterocycles. The first-order valence-corrected chi connectivity index (χ1v) is 3.73. The van der Waals surface area contributed by atoms with E-state index in [1.807, 2.05) is 0 Å². The minimum atomic E-state index is -0.508. The van der Waals surface area contributed by atoms with E-state index in [0.717, 1.165) is 0 Å². The van der Waals surface area contributed by atoms with Crippen LogP contribution in [0.5, 0.6) is 0 Å². The fourth-order valence-corrected chi connectivity index (χ4v) is 1.23. The number of carbonyl (C=O) groups is 1. The topological polar surface area (TPSA) is 29.1 Å². The lowest BCUT2D eigenvalue weighted by Crippen LogP contribution is -2.35. The van der Waals surface area contributed by atoms with Crippen molar-refractivity contribution in [2.24, 2.45) is 5.92 Å². The van der Waals surface area contributed by atoms with Crippen LogP contribution in [0.4, 0.5) is 4.39 Å². The molecule has 60 valence electrons. The maximum atomic E-state index is 11.9. The Morgan fingerprint density at radius 1 is 1.73 bits per heavy atom. The predicted octanol–water partition coefficient (Wildman–Crippen LogP) is 0.976. The van der Waals surface area contributed by atoms with Crippen LogP contribution in [0.15, 0.2) is 12.3 Å². The fourth-order valence-electron chi connectivity index (χ4n) is 0.934. The zero-order valence-corrected chi connectivity index (χ0v) is 6.66. The Bertz CT molecular complexity index is 214. The molecule has 1 N–H and O–H groups in total. The Morgan fingerprint density at radius 2 is 2.45 bits per heavy atom. The van der Waals surface area contributed by atoms with E-state index in [1.165, 1.54) is 6.20 Å². The molecule has 0 fully saturated rings. The fraction of sp³-hybridized carbons (Fsp3) is 0.429. The van der Waals surface area contributed by atoms with Gasteiger partial charge in [-0.1, -0.05) is 12.2 Å². The Kier molecular flexibility index (Phi) is 2.70. The number of thiocarbonyl (C=S) groups is 1. The van der Waals surface area contributed by atoms with Gasteiger partial charge in [0.25, 0.3) is 0 Å². The quantitative estimate of drug-likeness (QED) is 0.630. The van der Waals surface area contributed by atoms with Crippen LogP contribution in [-0.2, 0) is 4.79 Å². The van der Waals surface area contributed by atoms with Gasteiger partial charge < -0.3 is 5.32 Å². The third-order valence-corrected chi connectivity index (χ3v) is 1.95. The van der Waals surface area contributed by atoms with Gasteiger partial charge in [0.05, 0.1) is 12.6 Å². The molecule has 0 saturated carbocycles. The van der Waals surface area contributed by atoms with Gasteiger partial charge in [-0.2, -0.15) is 0 Å². The number of rotatable bonds is 2. The number of alkyl halides is 1. The lowest BCUT2D eigenvalue weighted by molar-refractivity contribution is -0.122. The van der Waals surface area contributed by atoms with Gasteiger partial charge >= 0.3 is 0 Å². The van der Waals surface area contributed by atoms with Crippen LogP contribution in [0.1, 0.15) is 6.42 Å². The Hall–Kier alpha value is -0.770. The summed E-state index contributed by atoms with van der Waals surface area (Å²) in [6.07, 6.45) is 3.30. The first-order chi connectivity index (χ1) is 5.25. The highest BCUT2D eigenvalue weighted by molar-refractivity contribution is 7.80. The summed E-state index contributed by atoms with van der Waals surface area (Å²) >= 11 is 4.86. The molecular weight excluding hydrogens is 165 g/mol. The molecule has 4 heteroatoms. The summed E-state index contributed by atoms with van der Waals surface area (Å²) in [5, 5.41) is 2.47. The molecule has 0 aromatic heterocycles. The summed E-state index contributed by atoms with van der Waals surface area (Å²) in [6.45, 7) is -0.508. The molecule has 1 amide bonds. The highest BCUT2D eigenvalue weighted by Gasteiger charge is 2.22. The summed E-state index contributed by atoms with van der Waals surface area (Å²) in [4.78, 5) is 11.5. The van der Waals surface area contributed by atoms with Gasteiger partial charge in [0.2, 0.25) is 5.91 Å². The van der Waals surface area contributed by atoms with Gasteiger partial charge in [-0.05, 0) is 12.5 Å². The molecule has 0 radical (unpaired) electrons. The third kappa shape index (κ3) is 1.83. The van der Waals surface area contributed by atoms with Crippen molar-refractivity contribution in [3.8, 4) is 0 Å². The summed E-state index contributed by atoms with van der Waals surface area (Å²) in [5.41, 5.74) is 0. The van der Waals surface area contributed by atoms with E-state index >= 15 is 0 Å². The SMILES string of the molecule is O=C1NC=CC(=S)C1CCF. The number of allylic oxidation sites excluding steroid dienone is 1. The molecule has 1 rings (SSSR count). The molecule has 2 nitrogen and oxygen atoms in total. The molecule has 0 aliphatic carbocycles. The van der Waals surface area contributed by atoms with Crippen LogP contribution in [0.2, 0.25) is 0 Å². The molecule has 1 unspecified atom stereocenters. The summed E-state index contributed by atoms with van der Waals surface area (Å²) < 4.78 is 11.9. The smallest absolute Gasteiger partial charge is 0.232 e. The Balaban J connectivity index is 2.67. The molecule has 11 heavy (non-hydrogen) atoms. The minimum absolute atomic E-state index is 0.189. The second kappa shape index (κ2) is 3.57. The second-order valence-electron chi connectivity index (χ2n) is 2.27. The maximum Gasteiger partial charge on any atom is 0.232 e. The second-order valence-corrected chi connectivity index (χ2v) is 2.75. The summed E-state index contributed by atoms with van der Waals surface area (Å²) in [7, 11) is 0. The number of hydrogen-bond donors (Lipinski definition) is 1. The third-order valence-electron chi connectivity index (χ3n) is 1.53. The maximum absolute atomic E-state index is 11.9. The lowest BCUT2D eigenvalue weighted by Gasteiger charge is -2.16. The molecule has 0 spiro atoms. The van der Waals surface area contributed by atoms with E-state index in [4.69, 9.17) is 12.2 Å². The predicted molar refractivity (Wildman–Crippen MR) is 44.0 cm³/mol. The van der Waals surface area contributed by atoms with Crippen LogP contribution in [0.25, 0.3) is 0 Å². The van der Waals surface area contributed by atoms with Crippen molar-refractivity contribution in [2.45, 2.75) is 6.42 Å². The standard InChI is InChI=1S/C7H8FNOS/c8-3-1-5-6(11)2-4-9-7(5)10/h2,4-5H,1,3H2,(H,9,10). The molecule has 0 aromatic carbocycles. The Labute approximate surface area is 69.5 Å². The van der Waals surface area contributed by atoms with E-state index in [-0.39, 0.29) is 12.3 Å². The van der Waals surface area contributed by atoms with Gasteiger partial charge in [-0.25, -0.2) is 0 Å². The van der Waals surface area contributed by atoms with E-state index in [9.17, 15) is 9.18 Å². The van der Waals surface area contributed by atoms with Gasteiger partial charge in [-0.3, -0.25) is 9.18 Å². The van der Waals surface area contributed by atoms with Crippen LogP contribution in [0, 0.1) is 5.92 Å². The van der Waals surface area contributed by atoms with E-state index in [2.05, 4.69) is 5.32 Å². The van der Waals surface area contributed by atoms with E-state index < -0.39 is 12.6 Å². The molecule has 1 atom stereocenters. The van der Waals surface area contributed by atoms with Gasteiger partial charge in [0.1, 0.15) is 0 Å². The highest BCUT2D eigenvalue weighted by atomic mass is 32.1. The molecule has 0 saturated heterocycles. The van der Waals surface area contributed by atoms with Crippen molar-refractivity contribution in [1.29, 1.82) is 0 Å². The van der Waals surface area contributed by atoms with Crippen LogP contribution < -0.4 is 5.32 Å². The number of amides is 1. The highest BCUT2D eigenvalue weighted by Crippen LogP contribution is 2.11. The van der Waals surface area contributed by atoms with Gasteiger partial charge in [-0.15, -0.1) is 0 Å². The van der Waals surface area contributed by atoms with Crippen molar-refractivity contribution < 1.29 is 9.18 Å². The zero-order chi connectivity index (χ0) is 8.27. The van der Waals surface area contributed by atoms with Crippen LogP contribution in [0.3, 0.4) is 0 Å². The molecule has 1 aliphatic rings. The minimum Gasteiger partial charge on any atom is -0.332 e. The summed E-state index contributed by atoms with van der Waals surface area (Å²) in [5.74, 6) is -0.643. The lowest BCUT2D eigenvalue weighted by atomic mass is 9.99. The van der Waals surface area contributed by atoms with Crippen molar-refractivity contribution >= 4 is 23.0 Å². The molecular formula is C7H8FNOS. The molecule has 0 aromatic rings. The van der Waals surface area contributed by atoms with Crippen molar-refractivity contribution in [1.82, 2.24) is 5.32 Å². The number of halogens is 1. The van der Waals surface area contributed by atoms with Crippen molar-refractivity contribution in [2.75, 3.05) is 6.67 Å². The zero-order valence-electron chi connectivity index (χ0n) is 5.84. The normalized spacial score (nSPS) is 23.5. The van der Waals surface area contributed by atoms with Gasteiger partial charge in [0.15, 0.2) is 0 Å². The van der Waals surface area contributed by atoms with Crippen LogP contribution in [-0.4, -0.2) is 17.4 Å². The first kappa shape index (κ1) is 8.33. The van der Waals surface area contributed by atoms with Crippen molar-refractivity contribution in [3.05, 3.63) is 12.3 Å². The van der Waals surface area contributed by atoms with E-state index in [1.54, 1.807) is 6.08 Å². The first-order valence-electron chi connectivity index (χ1n) is 3.32. The number of nitrogens with one attached hydrogen (secondary N) is 1. The average molecular weight is 173 g/mol. The van der Waals surface area contributed by atoms with E-state index in [0.29, 0.717) is 4.86 Å². The van der Waals surface area contributed by atoms with Crippen molar-refractivity contribution in [3.63, 3.8) is 0 Å². The van der Waals surface area contributed by atoms with Gasteiger partial charge in [0, 0.05) is 11.1 Å². The molecule has 1 heterocycles. The largest absolute Gasteiger partial charge is 0.332 e. The Morgan fingerprint density at radius 3 is 3.00 bits per heavy atom. The average Bonchev–Trinajstić information content (AvgIpc) is 1.97. The molecule has 0 bridgehead atoms. The monoisotopic (exact) mass is 173 g/mol. The number of hydrogen-bond acceptors (Lipinski definition) is 2. The summed E-state index contributed by atoms with van der Waals surface area (Å²) in [6, 6.07) is 0. The number of carbonyl (C=O) groups excluding carboxylic acids is 1.